The first-order valence-corrected chi connectivity index (χ1v) is 7.12. The second kappa shape index (κ2) is 6.12. The summed E-state index contributed by atoms with van der Waals surface area (Å²) in [5.74, 6) is -1.10. The maximum atomic E-state index is 12.1. The molecule has 22 heavy (non-hydrogen) atoms. The number of nitrogens with zero attached hydrogens (tertiary/aromatic N) is 3. The van der Waals surface area contributed by atoms with Crippen LogP contribution in [0.15, 0.2) is 6.20 Å². The predicted octanol–water partition coefficient (Wildman–Crippen LogP) is -0.961. The summed E-state index contributed by atoms with van der Waals surface area (Å²) in [5, 5.41) is 15.8. The summed E-state index contributed by atoms with van der Waals surface area (Å²) in [4.78, 5) is 36.2. The van der Waals surface area contributed by atoms with Gasteiger partial charge >= 0.3 is 0 Å². The average molecular weight is 308 g/mol. The number of carbonyl (C=O) groups excluding carboxylic acids is 3. The van der Waals surface area contributed by atoms with Crippen molar-refractivity contribution >= 4 is 17.7 Å². The molecule has 9 nitrogen and oxygen atoms in total. The molecule has 3 N–H and O–H groups in total. The molecule has 0 unspecified atom stereocenters. The van der Waals surface area contributed by atoms with Gasteiger partial charge in [0.05, 0.1) is 12.2 Å². The fourth-order valence-corrected chi connectivity index (χ4v) is 2.01. The lowest BCUT2D eigenvalue weighted by atomic mass is 10.2. The largest absolute Gasteiger partial charge is 0.346 e. The molecule has 1 aromatic heterocycles. The summed E-state index contributed by atoms with van der Waals surface area (Å²) in [5.41, 5.74) is 0.541. The van der Waals surface area contributed by atoms with E-state index < -0.39 is 24.0 Å². The number of rotatable bonds is 0. The molecule has 3 amide bonds. The van der Waals surface area contributed by atoms with Crippen LogP contribution in [0.5, 0.6) is 0 Å². The second-order valence-electron chi connectivity index (χ2n) is 5.49. The van der Waals surface area contributed by atoms with Gasteiger partial charge < -0.3 is 16.0 Å². The maximum absolute atomic E-state index is 12.1. The van der Waals surface area contributed by atoms with Crippen LogP contribution in [-0.2, 0) is 14.4 Å². The second-order valence-corrected chi connectivity index (χ2v) is 5.49. The first-order chi connectivity index (χ1) is 10.3. The number of amides is 3. The van der Waals surface area contributed by atoms with Gasteiger partial charge in [-0.15, -0.1) is 5.10 Å². The molecular formula is C13H20N6O3. The minimum atomic E-state index is -0.758. The number of hydrogen-bond donors (Lipinski definition) is 3. The minimum Gasteiger partial charge on any atom is -0.346 e. The molecule has 120 valence electrons. The molecule has 0 fully saturated rings. The molecule has 0 saturated heterocycles. The molecule has 0 spiro atoms. The molecule has 2 heterocycles. The SMILES string of the molecule is C[C@@H]1NC(=O)[C@@H](C)NC(=O)[C@H](C)n2cc(nn2)[C@H](C)NC1=O. The molecule has 4 atom stereocenters. The molecule has 0 radical (unpaired) electrons. The van der Waals surface area contributed by atoms with E-state index in [0.29, 0.717) is 5.69 Å². The third-order valence-electron chi connectivity index (χ3n) is 3.61. The number of nitrogens with one attached hydrogen (secondary N) is 3. The van der Waals surface area contributed by atoms with E-state index in [-0.39, 0.29) is 17.9 Å². The van der Waals surface area contributed by atoms with Crippen LogP contribution in [-0.4, -0.2) is 44.8 Å². The van der Waals surface area contributed by atoms with Crippen LogP contribution < -0.4 is 16.0 Å². The molecule has 2 bridgehead atoms. The Hall–Kier alpha value is -2.45. The monoisotopic (exact) mass is 308 g/mol. The topological polar surface area (TPSA) is 118 Å². The normalized spacial score (nSPS) is 30.3. The molecule has 0 aliphatic carbocycles. The third-order valence-corrected chi connectivity index (χ3v) is 3.61. The zero-order valence-electron chi connectivity index (χ0n) is 13.0. The van der Waals surface area contributed by atoms with Gasteiger partial charge in [-0.3, -0.25) is 14.4 Å². The van der Waals surface area contributed by atoms with Crippen molar-refractivity contribution in [1.29, 1.82) is 0 Å². The highest BCUT2D eigenvalue weighted by atomic mass is 16.2. The van der Waals surface area contributed by atoms with Crippen LogP contribution in [0.4, 0.5) is 0 Å². The van der Waals surface area contributed by atoms with Crippen molar-refractivity contribution in [2.45, 2.75) is 51.9 Å². The van der Waals surface area contributed by atoms with E-state index in [2.05, 4.69) is 26.3 Å². The minimum absolute atomic E-state index is 0.332. The Morgan fingerprint density at radius 1 is 0.864 bits per heavy atom. The maximum Gasteiger partial charge on any atom is 0.245 e. The highest BCUT2D eigenvalue weighted by Crippen LogP contribution is 2.12. The summed E-state index contributed by atoms with van der Waals surface area (Å²) < 4.78 is 1.40. The number of hydrogen-bond acceptors (Lipinski definition) is 5. The van der Waals surface area contributed by atoms with Gasteiger partial charge in [0.2, 0.25) is 17.7 Å². The first-order valence-electron chi connectivity index (χ1n) is 7.12. The Morgan fingerprint density at radius 2 is 1.36 bits per heavy atom. The van der Waals surface area contributed by atoms with Gasteiger partial charge in [-0.1, -0.05) is 5.21 Å². The molecule has 1 aromatic rings. The van der Waals surface area contributed by atoms with Crippen LogP contribution in [0.3, 0.4) is 0 Å². The smallest absolute Gasteiger partial charge is 0.245 e. The summed E-state index contributed by atoms with van der Waals surface area (Å²) in [6, 6.07) is -2.47. The average Bonchev–Trinajstić information content (AvgIpc) is 2.94. The summed E-state index contributed by atoms with van der Waals surface area (Å²) >= 11 is 0. The van der Waals surface area contributed by atoms with E-state index in [1.54, 1.807) is 33.9 Å². The van der Waals surface area contributed by atoms with E-state index in [0.717, 1.165) is 0 Å². The fraction of sp³-hybridized carbons (Fsp3) is 0.615. The van der Waals surface area contributed by atoms with E-state index in [1.165, 1.54) is 4.68 Å². The van der Waals surface area contributed by atoms with Crippen molar-refractivity contribution < 1.29 is 14.4 Å². The third kappa shape index (κ3) is 3.23. The Bertz CT molecular complexity index is 598. The predicted molar refractivity (Wildman–Crippen MR) is 76.5 cm³/mol. The highest BCUT2D eigenvalue weighted by molar-refractivity contribution is 5.92. The van der Waals surface area contributed by atoms with Gasteiger partial charge in [-0.25, -0.2) is 4.68 Å². The number of carbonyl (C=O) groups is 3. The van der Waals surface area contributed by atoms with E-state index in [1.807, 2.05) is 0 Å². The molecule has 1 aliphatic rings. The Kier molecular flexibility index (Phi) is 4.43. The van der Waals surface area contributed by atoms with Gasteiger partial charge in [-0.2, -0.15) is 0 Å². The molecule has 9 heteroatoms. The zero-order valence-corrected chi connectivity index (χ0v) is 13.0. The Balaban J connectivity index is 2.32. The molecule has 0 saturated carbocycles. The van der Waals surface area contributed by atoms with Gasteiger partial charge in [0.1, 0.15) is 23.8 Å². The van der Waals surface area contributed by atoms with Crippen LogP contribution in [0.2, 0.25) is 0 Å². The summed E-state index contributed by atoms with van der Waals surface area (Å²) in [6.07, 6.45) is 1.61. The number of aromatic nitrogens is 3. The number of fused-ring (bicyclic) bond motifs is 2. The standard InChI is InChI=1S/C13H20N6O3/c1-6-10-5-19(18-17-10)9(4)13(22)16-8(3)12(21)15-7(2)11(20)14-6/h5-9H,1-4H3,(H,14,20)(H,15,21)(H,16,22)/t6-,7-,8+,9-/m0/s1. The molecule has 0 aromatic carbocycles. The molecule has 1 aliphatic heterocycles. The highest BCUT2D eigenvalue weighted by Gasteiger charge is 2.26. The van der Waals surface area contributed by atoms with Crippen LogP contribution in [0.1, 0.15) is 45.5 Å². The van der Waals surface area contributed by atoms with Crippen molar-refractivity contribution in [3.8, 4) is 0 Å². The lowest BCUT2D eigenvalue weighted by Gasteiger charge is -2.20. The van der Waals surface area contributed by atoms with E-state index >= 15 is 0 Å². The fourth-order valence-electron chi connectivity index (χ4n) is 2.01. The van der Waals surface area contributed by atoms with Crippen molar-refractivity contribution in [3.05, 3.63) is 11.9 Å². The van der Waals surface area contributed by atoms with Crippen molar-refractivity contribution in [3.63, 3.8) is 0 Å². The van der Waals surface area contributed by atoms with Crippen LogP contribution in [0, 0.1) is 0 Å². The summed E-state index contributed by atoms with van der Waals surface area (Å²) in [6.45, 7) is 6.55. The lowest BCUT2D eigenvalue weighted by Crippen LogP contribution is -2.52. The zero-order chi connectivity index (χ0) is 16.4. The molecule has 2 rings (SSSR count). The first kappa shape index (κ1) is 15.9. The van der Waals surface area contributed by atoms with Gasteiger partial charge in [0.25, 0.3) is 0 Å². The van der Waals surface area contributed by atoms with Gasteiger partial charge in [-0.05, 0) is 27.7 Å². The molecular weight excluding hydrogens is 288 g/mol. The lowest BCUT2D eigenvalue weighted by molar-refractivity contribution is -0.132. The van der Waals surface area contributed by atoms with Crippen molar-refractivity contribution in [2.24, 2.45) is 0 Å². The van der Waals surface area contributed by atoms with E-state index in [9.17, 15) is 14.4 Å². The van der Waals surface area contributed by atoms with Gasteiger partial charge in [0.15, 0.2) is 0 Å². The van der Waals surface area contributed by atoms with Crippen LogP contribution in [0.25, 0.3) is 0 Å². The van der Waals surface area contributed by atoms with Crippen molar-refractivity contribution in [2.75, 3.05) is 0 Å². The quantitative estimate of drug-likeness (QED) is 0.570. The van der Waals surface area contributed by atoms with Crippen LogP contribution >= 0.6 is 0 Å². The Labute approximate surface area is 127 Å². The van der Waals surface area contributed by atoms with E-state index in [4.69, 9.17) is 0 Å². The van der Waals surface area contributed by atoms with Crippen molar-refractivity contribution in [1.82, 2.24) is 30.9 Å². The van der Waals surface area contributed by atoms with Gasteiger partial charge in [0, 0.05) is 0 Å². The Morgan fingerprint density at radius 3 is 1.95 bits per heavy atom. The summed E-state index contributed by atoms with van der Waals surface area (Å²) in [7, 11) is 0.